The van der Waals surface area contributed by atoms with E-state index in [0.29, 0.717) is 11.0 Å². The summed E-state index contributed by atoms with van der Waals surface area (Å²) in [5, 5.41) is 9.35. The van der Waals surface area contributed by atoms with E-state index in [1.165, 1.54) is 17.3 Å². The Balaban J connectivity index is 2.03. The summed E-state index contributed by atoms with van der Waals surface area (Å²) in [6.07, 6.45) is 3.34. The van der Waals surface area contributed by atoms with Crippen molar-refractivity contribution in [2.45, 2.75) is 39.0 Å². The normalized spacial score (nSPS) is 11.0. The molecule has 6 nitrogen and oxygen atoms in total. The maximum absolute atomic E-state index is 12.0. The monoisotopic (exact) mass is 382 g/mol. The zero-order chi connectivity index (χ0) is 19.4. The largest absolute Gasteiger partial charge is 0.462 e. The van der Waals surface area contributed by atoms with Crippen molar-refractivity contribution in [2.75, 3.05) is 5.75 Å². The third kappa shape index (κ3) is 4.36. The van der Waals surface area contributed by atoms with Crippen LogP contribution in [0.25, 0.3) is 17.1 Å². The van der Waals surface area contributed by atoms with Gasteiger partial charge in [-0.05, 0) is 57.0 Å². The highest BCUT2D eigenvalue weighted by molar-refractivity contribution is 7.99. The molecule has 2 heterocycles. The smallest absolute Gasteiger partial charge is 0.316 e. The highest BCUT2D eigenvalue weighted by Gasteiger charge is 2.19. The standard InChI is InChI=1S/C20H22N4O2S/c1-13(2)26-18(25)12-27-20-23-22-19(16-8-6-10-21-11-16)24(20)17-9-5-7-14(3)15(17)4/h5-11,13H,12H2,1-4H3. The Kier molecular flexibility index (Phi) is 5.91. The molecule has 0 bridgehead atoms. The van der Waals surface area contributed by atoms with Gasteiger partial charge in [0, 0.05) is 18.0 Å². The molecule has 3 aromatic rings. The second kappa shape index (κ2) is 8.35. The molecule has 0 N–H and O–H groups in total. The Hall–Kier alpha value is -2.67. The third-order valence-corrected chi connectivity index (χ3v) is 4.96. The zero-order valence-corrected chi connectivity index (χ0v) is 16.7. The Labute approximate surface area is 163 Å². The number of benzene rings is 1. The number of carbonyl (C=O) groups excluding carboxylic acids is 1. The van der Waals surface area contributed by atoms with Gasteiger partial charge in [0.15, 0.2) is 11.0 Å². The third-order valence-electron chi connectivity index (χ3n) is 4.06. The number of aromatic nitrogens is 4. The summed E-state index contributed by atoms with van der Waals surface area (Å²) in [6, 6.07) is 9.92. The topological polar surface area (TPSA) is 69.9 Å². The van der Waals surface area contributed by atoms with Gasteiger partial charge in [-0.3, -0.25) is 14.3 Å². The molecular formula is C20H22N4O2S. The second-order valence-corrected chi connectivity index (χ2v) is 7.37. The van der Waals surface area contributed by atoms with Gasteiger partial charge in [0.25, 0.3) is 0 Å². The predicted octanol–water partition coefficient (Wildman–Crippen LogP) is 3.99. The summed E-state index contributed by atoms with van der Waals surface area (Å²) < 4.78 is 7.20. The molecule has 3 rings (SSSR count). The van der Waals surface area contributed by atoms with Crippen molar-refractivity contribution in [3.8, 4) is 17.1 Å². The van der Waals surface area contributed by atoms with E-state index in [2.05, 4.69) is 35.1 Å². The van der Waals surface area contributed by atoms with Crippen LogP contribution >= 0.6 is 11.8 Å². The van der Waals surface area contributed by atoms with Crippen LogP contribution in [0.1, 0.15) is 25.0 Å². The van der Waals surface area contributed by atoms with E-state index < -0.39 is 0 Å². The minimum absolute atomic E-state index is 0.138. The molecule has 0 aliphatic heterocycles. The Morgan fingerprint density at radius 3 is 2.70 bits per heavy atom. The van der Waals surface area contributed by atoms with Crippen LogP contribution in [0.5, 0.6) is 0 Å². The van der Waals surface area contributed by atoms with Gasteiger partial charge in [-0.15, -0.1) is 10.2 Å². The molecule has 27 heavy (non-hydrogen) atoms. The highest BCUT2D eigenvalue weighted by atomic mass is 32.2. The molecule has 2 aromatic heterocycles. The number of hydrogen-bond donors (Lipinski definition) is 0. The summed E-state index contributed by atoms with van der Waals surface area (Å²) in [6.45, 7) is 7.81. The summed E-state index contributed by atoms with van der Waals surface area (Å²) in [7, 11) is 0. The SMILES string of the molecule is Cc1cccc(-n2c(SCC(=O)OC(C)C)nnc2-c2cccnc2)c1C. The van der Waals surface area contributed by atoms with Crippen LogP contribution in [-0.4, -0.2) is 37.6 Å². The fourth-order valence-electron chi connectivity index (χ4n) is 2.66. The summed E-state index contributed by atoms with van der Waals surface area (Å²) in [4.78, 5) is 16.2. The molecule has 140 valence electrons. The number of aryl methyl sites for hydroxylation is 1. The van der Waals surface area contributed by atoms with Crippen molar-refractivity contribution in [3.63, 3.8) is 0 Å². The molecule has 0 fully saturated rings. The lowest BCUT2D eigenvalue weighted by molar-refractivity contribution is -0.144. The molecule has 0 saturated heterocycles. The Morgan fingerprint density at radius 2 is 2.00 bits per heavy atom. The van der Waals surface area contributed by atoms with Gasteiger partial charge in [-0.25, -0.2) is 0 Å². The lowest BCUT2D eigenvalue weighted by Crippen LogP contribution is -2.13. The van der Waals surface area contributed by atoms with Crippen molar-refractivity contribution in [1.29, 1.82) is 0 Å². The van der Waals surface area contributed by atoms with E-state index in [9.17, 15) is 4.79 Å². The number of carbonyl (C=O) groups is 1. The number of ether oxygens (including phenoxy) is 1. The lowest BCUT2D eigenvalue weighted by Gasteiger charge is -2.14. The van der Waals surface area contributed by atoms with Crippen molar-refractivity contribution in [1.82, 2.24) is 19.7 Å². The summed E-state index contributed by atoms with van der Waals surface area (Å²) >= 11 is 1.32. The average molecular weight is 382 g/mol. The van der Waals surface area contributed by atoms with Crippen molar-refractivity contribution < 1.29 is 9.53 Å². The Bertz CT molecular complexity index is 938. The molecule has 0 radical (unpaired) electrons. The van der Waals surface area contributed by atoms with Gasteiger partial charge in [-0.2, -0.15) is 0 Å². The van der Waals surface area contributed by atoms with E-state index in [1.54, 1.807) is 12.4 Å². The van der Waals surface area contributed by atoms with Gasteiger partial charge in [0.2, 0.25) is 0 Å². The van der Waals surface area contributed by atoms with Crippen LogP contribution in [0.3, 0.4) is 0 Å². The molecule has 7 heteroatoms. The van der Waals surface area contributed by atoms with Crippen LogP contribution in [0.15, 0.2) is 47.9 Å². The number of hydrogen-bond acceptors (Lipinski definition) is 6. The Morgan fingerprint density at radius 1 is 1.19 bits per heavy atom. The molecule has 0 saturated carbocycles. The van der Waals surface area contributed by atoms with Crippen molar-refractivity contribution >= 4 is 17.7 Å². The molecule has 0 aliphatic rings. The lowest BCUT2D eigenvalue weighted by atomic mass is 10.1. The molecular weight excluding hydrogens is 360 g/mol. The first-order valence-corrected chi connectivity index (χ1v) is 9.70. The van der Waals surface area contributed by atoms with E-state index in [1.807, 2.05) is 42.7 Å². The van der Waals surface area contributed by atoms with Crippen LogP contribution < -0.4 is 0 Å². The molecule has 0 unspecified atom stereocenters. The van der Waals surface area contributed by atoms with Gasteiger partial charge in [0.1, 0.15) is 0 Å². The van der Waals surface area contributed by atoms with E-state index in [4.69, 9.17) is 4.74 Å². The molecule has 0 aliphatic carbocycles. The fraction of sp³-hybridized carbons (Fsp3) is 0.300. The maximum Gasteiger partial charge on any atom is 0.316 e. The van der Waals surface area contributed by atoms with Crippen LogP contribution in [0.2, 0.25) is 0 Å². The fourth-order valence-corrected chi connectivity index (χ4v) is 3.39. The number of nitrogens with zero attached hydrogens (tertiary/aromatic N) is 4. The first-order chi connectivity index (χ1) is 13.0. The molecule has 0 spiro atoms. The second-order valence-electron chi connectivity index (χ2n) is 6.43. The maximum atomic E-state index is 12.0. The average Bonchev–Trinajstić information content (AvgIpc) is 3.06. The quantitative estimate of drug-likeness (QED) is 0.474. The zero-order valence-electron chi connectivity index (χ0n) is 15.8. The summed E-state index contributed by atoms with van der Waals surface area (Å²) in [5.41, 5.74) is 4.16. The molecule has 1 aromatic carbocycles. The van der Waals surface area contributed by atoms with Gasteiger partial charge in [-0.1, -0.05) is 23.9 Å². The van der Waals surface area contributed by atoms with Gasteiger partial charge < -0.3 is 4.74 Å². The van der Waals surface area contributed by atoms with Crippen molar-refractivity contribution in [2.24, 2.45) is 0 Å². The van der Waals surface area contributed by atoms with Gasteiger partial charge in [0.05, 0.1) is 17.5 Å². The minimum Gasteiger partial charge on any atom is -0.462 e. The first-order valence-electron chi connectivity index (χ1n) is 8.72. The number of pyridine rings is 1. The van der Waals surface area contributed by atoms with Gasteiger partial charge >= 0.3 is 5.97 Å². The van der Waals surface area contributed by atoms with Crippen LogP contribution in [-0.2, 0) is 9.53 Å². The van der Waals surface area contributed by atoms with E-state index in [0.717, 1.165) is 16.8 Å². The van der Waals surface area contributed by atoms with E-state index >= 15 is 0 Å². The molecule has 0 amide bonds. The summed E-state index contributed by atoms with van der Waals surface area (Å²) in [5.74, 6) is 0.596. The minimum atomic E-state index is -0.270. The highest BCUT2D eigenvalue weighted by Crippen LogP contribution is 2.30. The van der Waals surface area contributed by atoms with Crippen LogP contribution in [0.4, 0.5) is 0 Å². The predicted molar refractivity (Wildman–Crippen MR) is 106 cm³/mol. The number of rotatable bonds is 6. The first kappa shape index (κ1) is 19.1. The van der Waals surface area contributed by atoms with E-state index in [-0.39, 0.29) is 17.8 Å². The van der Waals surface area contributed by atoms with Crippen LogP contribution in [0, 0.1) is 13.8 Å². The number of esters is 1. The van der Waals surface area contributed by atoms with Crippen molar-refractivity contribution in [3.05, 3.63) is 53.9 Å². The number of thioether (sulfide) groups is 1. The molecule has 0 atom stereocenters.